The number of nitrogens with zero attached hydrogens (tertiary/aromatic N) is 5. The molecule has 28 heavy (non-hydrogen) atoms. The summed E-state index contributed by atoms with van der Waals surface area (Å²) in [5.74, 6) is 2.33. The number of aromatic nitrogens is 5. The van der Waals surface area contributed by atoms with E-state index < -0.39 is 0 Å². The maximum Gasteiger partial charge on any atom is 0.239 e. The number of halogens is 1. The Balaban J connectivity index is 1.85. The van der Waals surface area contributed by atoms with E-state index in [1.165, 1.54) is 0 Å². The van der Waals surface area contributed by atoms with E-state index in [-0.39, 0.29) is 11.2 Å². The van der Waals surface area contributed by atoms with Crippen molar-refractivity contribution in [2.45, 2.75) is 50.1 Å². The molecule has 0 saturated carbocycles. The lowest BCUT2D eigenvalue weighted by Gasteiger charge is -2.11. The van der Waals surface area contributed by atoms with E-state index in [0.29, 0.717) is 23.3 Å². The van der Waals surface area contributed by atoms with Gasteiger partial charge in [-0.2, -0.15) is 4.98 Å². The highest BCUT2D eigenvalue weighted by Crippen LogP contribution is 2.35. The zero-order valence-electron chi connectivity index (χ0n) is 16.4. The van der Waals surface area contributed by atoms with Crippen LogP contribution in [0.1, 0.15) is 50.1 Å². The molecule has 0 aliphatic heterocycles. The summed E-state index contributed by atoms with van der Waals surface area (Å²) in [6.07, 6.45) is 0.856. The van der Waals surface area contributed by atoms with Crippen LogP contribution in [-0.2, 0) is 11.3 Å². The van der Waals surface area contributed by atoms with Gasteiger partial charge in [0.05, 0.1) is 5.25 Å². The Morgan fingerprint density at radius 2 is 1.93 bits per heavy atom. The van der Waals surface area contributed by atoms with Crippen molar-refractivity contribution in [2.75, 3.05) is 13.7 Å². The van der Waals surface area contributed by atoms with Crippen LogP contribution >= 0.6 is 23.4 Å². The van der Waals surface area contributed by atoms with Crippen molar-refractivity contribution in [3.05, 3.63) is 41.0 Å². The van der Waals surface area contributed by atoms with Gasteiger partial charge in [-0.25, -0.2) is 0 Å². The molecule has 9 heteroatoms. The highest BCUT2D eigenvalue weighted by atomic mass is 35.5. The molecule has 0 radical (unpaired) electrons. The molecule has 0 amide bonds. The van der Waals surface area contributed by atoms with E-state index >= 15 is 0 Å². The van der Waals surface area contributed by atoms with Gasteiger partial charge in [-0.15, -0.1) is 10.2 Å². The van der Waals surface area contributed by atoms with Crippen molar-refractivity contribution in [3.8, 4) is 11.4 Å². The molecule has 1 atom stereocenters. The van der Waals surface area contributed by atoms with E-state index in [2.05, 4.69) is 24.9 Å². The number of thioether (sulfide) groups is 1. The molecule has 0 aliphatic rings. The Hall–Kier alpha value is -1.90. The largest absolute Gasteiger partial charge is 0.385 e. The molecule has 2 aromatic heterocycles. The second-order valence-electron chi connectivity index (χ2n) is 6.72. The molecule has 7 nitrogen and oxygen atoms in total. The van der Waals surface area contributed by atoms with Gasteiger partial charge in [0.1, 0.15) is 0 Å². The first-order valence-electron chi connectivity index (χ1n) is 9.17. The Bertz CT molecular complexity index is 894. The molecule has 150 valence electrons. The SMILES string of the molecule is COCCCn1c(S[C@@H](C)c2nc(C(C)C)no2)nnc1-c1ccc(Cl)cc1. The summed E-state index contributed by atoms with van der Waals surface area (Å²) in [5.41, 5.74) is 0.966. The van der Waals surface area contributed by atoms with Crippen LogP contribution in [0.3, 0.4) is 0 Å². The van der Waals surface area contributed by atoms with Gasteiger partial charge in [0, 0.05) is 36.8 Å². The molecule has 0 spiro atoms. The Morgan fingerprint density at radius 3 is 2.57 bits per heavy atom. The van der Waals surface area contributed by atoms with E-state index in [1.807, 2.05) is 45.0 Å². The minimum atomic E-state index is -0.0385. The van der Waals surface area contributed by atoms with Gasteiger partial charge in [0.25, 0.3) is 0 Å². The van der Waals surface area contributed by atoms with Gasteiger partial charge in [-0.3, -0.25) is 0 Å². The zero-order valence-corrected chi connectivity index (χ0v) is 18.0. The molecular formula is C19H24ClN5O2S. The summed E-state index contributed by atoms with van der Waals surface area (Å²) >= 11 is 7.57. The minimum Gasteiger partial charge on any atom is -0.385 e. The standard InChI is InChI=1S/C19H24ClN5O2S/c1-12(2)16-21-18(27-24-16)13(3)28-19-23-22-17(25(19)10-5-11-26-4)14-6-8-15(20)9-7-14/h6-9,12-13H,5,10-11H2,1-4H3/t13-/m0/s1. The topological polar surface area (TPSA) is 78.9 Å². The normalized spacial score (nSPS) is 12.6. The van der Waals surface area contributed by atoms with Crippen LogP contribution in [-0.4, -0.2) is 38.6 Å². The summed E-state index contributed by atoms with van der Waals surface area (Å²) < 4.78 is 12.7. The zero-order chi connectivity index (χ0) is 20.1. The van der Waals surface area contributed by atoms with Crippen LogP contribution in [0.5, 0.6) is 0 Å². The van der Waals surface area contributed by atoms with Crippen molar-refractivity contribution >= 4 is 23.4 Å². The number of methoxy groups -OCH3 is 1. The average molecular weight is 422 g/mol. The first kappa shape index (κ1) is 20.8. The van der Waals surface area contributed by atoms with E-state index in [0.717, 1.165) is 29.5 Å². The second-order valence-corrected chi connectivity index (χ2v) is 8.46. The number of hydrogen-bond acceptors (Lipinski definition) is 7. The quantitative estimate of drug-likeness (QED) is 0.355. The molecule has 0 unspecified atom stereocenters. The second kappa shape index (κ2) is 9.54. The third kappa shape index (κ3) is 4.92. The Kier molecular flexibility index (Phi) is 7.09. The van der Waals surface area contributed by atoms with Crippen LogP contribution in [0.15, 0.2) is 33.9 Å². The fourth-order valence-corrected chi connectivity index (χ4v) is 3.64. The molecule has 3 rings (SSSR count). The lowest BCUT2D eigenvalue weighted by Crippen LogP contribution is -2.06. The summed E-state index contributed by atoms with van der Waals surface area (Å²) in [5, 5.41) is 14.3. The Morgan fingerprint density at radius 1 is 1.18 bits per heavy atom. The molecule has 0 aliphatic carbocycles. The van der Waals surface area contributed by atoms with Gasteiger partial charge >= 0.3 is 0 Å². The molecule has 3 aromatic rings. The highest BCUT2D eigenvalue weighted by Gasteiger charge is 2.22. The van der Waals surface area contributed by atoms with Crippen LogP contribution in [0.25, 0.3) is 11.4 Å². The van der Waals surface area contributed by atoms with Gasteiger partial charge in [-0.05, 0) is 37.6 Å². The third-order valence-corrected chi connectivity index (χ3v) is 5.47. The maximum atomic E-state index is 6.02. The fraction of sp³-hybridized carbons (Fsp3) is 0.474. The van der Waals surface area contributed by atoms with Crippen molar-refractivity contribution in [3.63, 3.8) is 0 Å². The molecule has 2 heterocycles. The van der Waals surface area contributed by atoms with Crippen LogP contribution in [0, 0.1) is 0 Å². The van der Waals surface area contributed by atoms with E-state index in [9.17, 15) is 0 Å². The molecule has 1 aromatic carbocycles. The fourth-order valence-electron chi connectivity index (χ4n) is 2.61. The Labute approximate surface area is 173 Å². The molecular weight excluding hydrogens is 398 g/mol. The molecule has 0 bridgehead atoms. The summed E-state index contributed by atoms with van der Waals surface area (Å²) in [6, 6.07) is 7.60. The van der Waals surface area contributed by atoms with Crippen molar-refractivity contribution in [2.24, 2.45) is 0 Å². The lowest BCUT2D eigenvalue weighted by molar-refractivity contribution is 0.189. The number of ether oxygens (including phenoxy) is 1. The average Bonchev–Trinajstić information content (AvgIpc) is 3.31. The lowest BCUT2D eigenvalue weighted by atomic mass is 10.2. The molecule has 0 saturated heterocycles. The monoisotopic (exact) mass is 421 g/mol. The van der Waals surface area contributed by atoms with Gasteiger partial charge in [0.15, 0.2) is 16.8 Å². The van der Waals surface area contributed by atoms with Crippen molar-refractivity contribution in [1.82, 2.24) is 24.9 Å². The minimum absolute atomic E-state index is 0.0385. The molecule has 0 fully saturated rings. The number of rotatable bonds is 9. The van der Waals surface area contributed by atoms with Crippen LogP contribution in [0.4, 0.5) is 0 Å². The number of benzene rings is 1. The van der Waals surface area contributed by atoms with E-state index in [1.54, 1.807) is 18.9 Å². The maximum absolute atomic E-state index is 6.02. The van der Waals surface area contributed by atoms with Crippen molar-refractivity contribution < 1.29 is 9.26 Å². The van der Waals surface area contributed by atoms with Gasteiger partial charge in [-0.1, -0.05) is 42.4 Å². The van der Waals surface area contributed by atoms with Crippen molar-refractivity contribution in [1.29, 1.82) is 0 Å². The summed E-state index contributed by atoms with van der Waals surface area (Å²) in [4.78, 5) is 4.49. The van der Waals surface area contributed by atoms with Gasteiger partial charge in [0.2, 0.25) is 5.89 Å². The summed E-state index contributed by atoms with van der Waals surface area (Å²) in [6.45, 7) is 7.52. The first-order chi connectivity index (χ1) is 13.5. The molecule has 0 N–H and O–H groups in total. The smallest absolute Gasteiger partial charge is 0.239 e. The predicted molar refractivity (Wildman–Crippen MR) is 110 cm³/mol. The predicted octanol–water partition coefficient (Wildman–Crippen LogP) is 4.99. The van der Waals surface area contributed by atoms with E-state index in [4.69, 9.17) is 20.9 Å². The summed E-state index contributed by atoms with van der Waals surface area (Å²) in [7, 11) is 1.70. The van der Waals surface area contributed by atoms with Crippen LogP contribution in [0.2, 0.25) is 5.02 Å². The first-order valence-corrected chi connectivity index (χ1v) is 10.4. The van der Waals surface area contributed by atoms with Gasteiger partial charge < -0.3 is 13.8 Å². The number of hydrogen-bond donors (Lipinski definition) is 0. The van der Waals surface area contributed by atoms with Crippen LogP contribution < -0.4 is 0 Å². The highest BCUT2D eigenvalue weighted by molar-refractivity contribution is 7.99. The third-order valence-electron chi connectivity index (χ3n) is 4.15.